The Hall–Kier alpha value is -2.73. The van der Waals surface area contributed by atoms with Gasteiger partial charge in [0.25, 0.3) is 0 Å². The molecule has 0 radical (unpaired) electrons. The van der Waals surface area contributed by atoms with E-state index in [4.69, 9.17) is 21.1 Å². The van der Waals surface area contributed by atoms with Gasteiger partial charge in [-0.2, -0.15) is 0 Å². The van der Waals surface area contributed by atoms with Crippen LogP contribution in [0.15, 0.2) is 42.5 Å². The molecule has 0 aliphatic rings. The van der Waals surface area contributed by atoms with Crippen molar-refractivity contribution in [1.82, 2.24) is 10.6 Å². The van der Waals surface area contributed by atoms with E-state index in [0.29, 0.717) is 29.8 Å². The highest BCUT2D eigenvalue weighted by molar-refractivity contribution is 6.32. The van der Waals surface area contributed by atoms with Crippen LogP contribution in [0, 0.1) is 0 Å². The molecule has 2 N–H and O–H groups in total. The van der Waals surface area contributed by atoms with E-state index in [1.165, 1.54) is 5.56 Å². The fraction of sp³-hybridized carbons (Fsp3) is 0.440. The monoisotopic (exact) mass is 460 g/mol. The Balaban J connectivity index is 1.76. The second-order valence-electron chi connectivity index (χ2n) is 8.91. The lowest BCUT2D eigenvalue weighted by Crippen LogP contribution is -2.38. The van der Waals surface area contributed by atoms with Gasteiger partial charge in [0.15, 0.2) is 0 Å². The maximum Gasteiger partial charge on any atom is 0.407 e. The second-order valence-corrected chi connectivity index (χ2v) is 9.31. The average molecular weight is 461 g/mol. The molecular weight excluding hydrogens is 428 g/mol. The molecule has 32 heavy (non-hydrogen) atoms. The van der Waals surface area contributed by atoms with Gasteiger partial charge in [0.2, 0.25) is 5.91 Å². The van der Waals surface area contributed by atoms with E-state index in [0.717, 1.165) is 11.1 Å². The van der Waals surface area contributed by atoms with Crippen LogP contribution in [0.5, 0.6) is 5.75 Å². The van der Waals surface area contributed by atoms with E-state index in [9.17, 15) is 9.59 Å². The van der Waals surface area contributed by atoms with E-state index in [-0.39, 0.29) is 18.9 Å². The predicted molar refractivity (Wildman–Crippen MR) is 127 cm³/mol. The van der Waals surface area contributed by atoms with Crippen molar-refractivity contribution in [3.63, 3.8) is 0 Å². The molecule has 0 spiro atoms. The van der Waals surface area contributed by atoms with E-state index < -0.39 is 11.7 Å². The van der Waals surface area contributed by atoms with Gasteiger partial charge in [0.05, 0.1) is 11.4 Å². The van der Waals surface area contributed by atoms with Gasteiger partial charge in [0.1, 0.15) is 18.0 Å². The zero-order valence-corrected chi connectivity index (χ0v) is 20.2. The molecule has 2 amide bonds. The van der Waals surface area contributed by atoms with Crippen LogP contribution in [0.4, 0.5) is 4.79 Å². The van der Waals surface area contributed by atoms with Crippen LogP contribution in [-0.4, -0.2) is 30.7 Å². The lowest BCUT2D eigenvalue weighted by Gasteiger charge is -2.19. The van der Waals surface area contributed by atoms with Crippen molar-refractivity contribution in [3.8, 4) is 5.75 Å². The van der Waals surface area contributed by atoms with E-state index in [1.807, 2.05) is 6.07 Å². The minimum absolute atomic E-state index is 0.161. The number of rotatable bonds is 9. The predicted octanol–water partition coefficient (Wildman–Crippen LogP) is 5.23. The molecule has 0 saturated heterocycles. The Morgan fingerprint density at radius 1 is 0.969 bits per heavy atom. The highest BCUT2D eigenvalue weighted by Crippen LogP contribution is 2.27. The Bertz CT molecular complexity index is 905. The van der Waals surface area contributed by atoms with Gasteiger partial charge in [-0.1, -0.05) is 55.8 Å². The lowest BCUT2D eigenvalue weighted by molar-refractivity contribution is -0.120. The molecular formula is C25H33ClN2O4. The van der Waals surface area contributed by atoms with Crippen molar-refractivity contribution in [3.05, 3.63) is 64.2 Å². The topological polar surface area (TPSA) is 76.7 Å². The fourth-order valence-corrected chi connectivity index (χ4v) is 3.12. The largest absolute Gasteiger partial charge is 0.487 e. The molecule has 0 heterocycles. The van der Waals surface area contributed by atoms with Gasteiger partial charge in [-0.3, -0.25) is 4.79 Å². The molecule has 0 aromatic heterocycles. The standard InChI is InChI=1S/C25H33ClN2O4/c1-17(2)20-9-6-18(7-10-20)16-31-22-11-8-19(14-21(22)26)15-23(29)27-12-13-28-24(30)32-25(3,4)5/h6-11,14,17H,12-13,15-16H2,1-5H3,(H,27,29)(H,28,30). The molecule has 2 aromatic rings. The second kappa shape index (κ2) is 11.8. The number of amides is 2. The van der Waals surface area contributed by atoms with Crippen molar-refractivity contribution in [2.24, 2.45) is 0 Å². The molecule has 0 unspecified atom stereocenters. The minimum Gasteiger partial charge on any atom is -0.487 e. The molecule has 0 aliphatic carbocycles. The normalized spacial score (nSPS) is 11.2. The third-order valence-electron chi connectivity index (χ3n) is 4.52. The van der Waals surface area contributed by atoms with Crippen LogP contribution in [0.2, 0.25) is 5.02 Å². The maximum atomic E-state index is 12.1. The first-order valence-corrected chi connectivity index (χ1v) is 11.1. The fourth-order valence-electron chi connectivity index (χ4n) is 2.86. The Kier molecular flexibility index (Phi) is 9.39. The number of hydrogen-bond donors (Lipinski definition) is 2. The van der Waals surface area contributed by atoms with E-state index in [1.54, 1.807) is 32.9 Å². The summed E-state index contributed by atoms with van der Waals surface area (Å²) in [5, 5.41) is 5.82. The maximum absolute atomic E-state index is 12.1. The van der Waals surface area contributed by atoms with Crippen LogP contribution < -0.4 is 15.4 Å². The molecule has 2 aromatic carbocycles. The summed E-state index contributed by atoms with van der Waals surface area (Å²) in [6.45, 7) is 10.7. The molecule has 0 bridgehead atoms. The first-order chi connectivity index (χ1) is 15.0. The lowest BCUT2D eigenvalue weighted by atomic mass is 10.0. The Morgan fingerprint density at radius 2 is 1.59 bits per heavy atom. The summed E-state index contributed by atoms with van der Waals surface area (Å²) in [7, 11) is 0. The number of halogens is 1. The van der Waals surface area contributed by atoms with Gasteiger partial charge in [0, 0.05) is 13.1 Å². The summed E-state index contributed by atoms with van der Waals surface area (Å²) in [6, 6.07) is 13.7. The Morgan fingerprint density at radius 3 is 2.19 bits per heavy atom. The zero-order valence-electron chi connectivity index (χ0n) is 19.5. The highest BCUT2D eigenvalue weighted by Gasteiger charge is 2.15. The molecule has 0 atom stereocenters. The van der Waals surface area contributed by atoms with Crippen LogP contribution in [0.25, 0.3) is 0 Å². The van der Waals surface area contributed by atoms with Crippen molar-refractivity contribution in [2.45, 2.75) is 59.2 Å². The van der Waals surface area contributed by atoms with Crippen LogP contribution in [-0.2, 0) is 22.6 Å². The third kappa shape index (κ3) is 9.18. The number of benzene rings is 2. The van der Waals surface area contributed by atoms with Crippen molar-refractivity contribution < 1.29 is 19.1 Å². The van der Waals surface area contributed by atoms with E-state index >= 15 is 0 Å². The third-order valence-corrected chi connectivity index (χ3v) is 4.81. The molecule has 0 aliphatic heterocycles. The molecule has 7 heteroatoms. The number of alkyl carbamates (subject to hydrolysis) is 1. The van der Waals surface area contributed by atoms with Gasteiger partial charge in [-0.05, 0) is 55.5 Å². The smallest absolute Gasteiger partial charge is 0.407 e. The summed E-state index contributed by atoms with van der Waals surface area (Å²) in [5.41, 5.74) is 2.58. The molecule has 2 rings (SSSR count). The van der Waals surface area contributed by atoms with Crippen molar-refractivity contribution >= 4 is 23.6 Å². The number of ether oxygens (including phenoxy) is 2. The molecule has 0 saturated carbocycles. The van der Waals surface area contributed by atoms with E-state index in [2.05, 4.69) is 48.7 Å². The zero-order chi connectivity index (χ0) is 23.7. The van der Waals surface area contributed by atoms with Crippen molar-refractivity contribution in [2.75, 3.05) is 13.1 Å². The van der Waals surface area contributed by atoms with Crippen LogP contribution in [0.3, 0.4) is 0 Å². The number of carbonyl (C=O) groups is 2. The summed E-state index contributed by atoms with van der Waals surface area (Å²) >= 11 is 6.34. The average Bonchev–Trinajstić information content (AvgIpc) is 2.69. The van der Waals surface area contributed by atoms with Gasteiger partial charge in [-0.15, -0.1) is 0 Å². The van der Waals surface area contributed by atoms with Crippen molar-refractivity contribution in [1.29, 1.82) is 0 Å². The Labute approximate surface area is 195 Å². The minimum atomic E-state index is -0.555. The van der Waals surface area contributed by atoms with Crippen LogP contribution in [0.1, 0.15) is 57.2 Å². The summed E-state index contributed by atoms with van der Waals surface area (Å²) in [6.07, 6.45) is -0.326. The highest BCUT2D eigenvalue weighted by atomic mass is 35.5. The van der Waals surface area contributed by atoms with Gasteiger partial charge >= 0.3 is 6.09 Å². The summed E-state index contributed by atoms with van der Waals surface area (Å²) in [4.78, 5) is 23.7. The quantitative estimate of drug-likeness (QED) is 0.502. The molecule has 174 valence electrons. The summed E-state index contributed by atoms with van der Waals surface area (Å²) in [5.74, 6) is 0.904. The number of nitrogens with one attached hydrogen (secondary N) is 2. The number of hydrogen-bond acceptors (Lipinski definition) is 4. The van der Waals surface area contributed by atoms with Crippen LogP contribution >= 0.6 is 11.6 Å². The van der Waals surface area contributed by atoms with Gasteiger partial charge < -0.3 is 20.1 Å². The first-order valence-electron chi connectivity index (χ1n) is 10.8. The summed E-state index contributed by atoms with van der Waals surface area (Å²) < 4.78 is 11.0. The molecule has 6 nitrogen and oxygen atoms in total. The number of carbonyl (C=O) groups excluding carboxylic acids is 2. The first kappa shape index (κ1) is 25.5. The SMILES string of the molecule is CC(C)c1ccc(COc2ccc(CC(=O)NCCNC(=O)OC(C)(C)C)cc2Cl)cc1. The van der Waals surface area contributed by atoms with Gasteiger partial charge in [-0.25, -0.2) is 4.79 Å². The molecule has 0 fully saturated rings.